The Morgan fingerprint density at radius 1 is 0.300 bits per heavy atom. The monoisotopic (exact) mass is 637 g/mol. The van der Waals surface area contributed by atoms with Crippen LogP contribution in [0.1, 0.15) is 0 Å². The molecule has 3 aromatic heterocycles. The lowest BCUT2D eigenvalue weighted by Gasteiger charge is -2.17. The minimum atomic E-state index is 1.10. The number of hydrogen-bond donors (Lipinski definition) is 0. The predicted molar refractivity (Wildman–Crippen MR) is 209 cm³/mol. The van der Waals surface area contributed by atoms with E-state index in [2.05, 4.69) is 190 Å². The molecule has 0 fully saturated rings. The SMILES string of the molecule is c1ccc(-c2cc(-c3ccccc3)cc(-c3cc(-n4c5ccccc5c5ccccc54)cc(-n4c5ccccc5c5cnccc54)c3)c2)cc1. The van der Waals surface area contributed by atoms with Gasteiger partial charge in [-0.3, -0.25) is 4.98 Å². The van der Waals surface area contributed by atoms with Crippen LogP contribution in [0.2, 0.25) is 0 Å². The second-order valence-electron chi connectivity index (χ2n) is 12.9. The summed E-state index contributed by atoms with van der Waals surface area (Å²) < 4.78 is 4.82. The Labute approximate surface area is 290 Å². The van der Waals surface area contributed by atoms with Gasteiger partial charge in [0.05, 0.1) is 22.1 Å². The van der Waals surface area contributed by atoms with Crippen molar-refractivity contribution in [1.82, 2.24) is 14.1 Å². The molecule has 3 nitrogen and oxygen atoms in total. The molecule has 3 heterocycles. The predicted octanol–water partition coefficient (Wildman–Crippen LogP) is 12.3. The largest absolute Gasteiger partial charge is 0.309 e. The van der Waals surface area contributed by atoms with E-state index in [4.69, 9.17) is 0 Å². The van der Waals surface area contributed by atoms with Crippen LogP contribution in [-0.2, 0) is 0 Å². The Balaban J connectivity index is 1.31. The van der Waals surface area contributed by atoms with Crippen molar-refractivity contribution in [2.45, 2.75) is 0 Å². The Bertz CT molecular complexity index is 2560. The summed E-state index contributed by atoms with van der Waals surface area (Å²) in [6, 6.07) is 63.7. The van der Waals surface area contributed by atoms with E-state index in [1.807, 2.05) is 12.4 Å². The van der Waals surface area contributed by atoms with Gasteiger partial charge in [-0.1, -0.05) is 115 Å². The van der Waals surface area contributed by atoms with E-state index < -0.39 is 0 Å². The molecule has 0 N–H and O–H groups in total. The molecule has 50 heavy (non-hydrogen) atoms. The Hall–Kier alpha value is -6.71. The lowest BCUT2D eigenvalue weighted by atomic mass is 9.93. The van der Waals surface area contributed by atoms with Crippen LogP contribution >= 0.6 is 0 Å². The number of aromatic nitrogens is 3. The maximum Gasteiger partial charge on any atom is 0.0571 e. The summed E-state index contributed by atoms with van der Waals surface area (Å²) in [7, 11) is 0. The van der Waals surface area contributed by atoms with Crippen LogP contribution in [0.15, 0.2) is 188 Å². The zero-order chi connectivity index (χ0) is 33.0. The van der Waals surface area contributed by atoms with Gasteiger partial charge in [0, 0.05) is 45.3 Å². The zero-order valence-corrected chi connectivity index (χ0v) is 27.2. The minimum absolute atomic E-state index is 1.10. The maximum absolute atomic E-state index is 4.52. The van der Waals surface area contributed by atoms with Gasteiger partial charge in [0.15, 0.2) is 0 Å². The third-order valence-corrected chi connectivity index (χ3v) is 9.95. The van der Waals surface area contributed by atoms with Gasteiger partial charge in [-0.25, -0.2) is 0 Å². The minimum Gasteiger partial charge on any atom is -0.309 e. The Kier molecular flexibility index (Phi) is 6.49. The molecule has 0 aliphatic heterocycles. The molecule has 0 aliphatic carbocycles. The smallest absolute Gasteiger partial charge is 0.0571 e. The van der Waals surface area contributed by atoms with Gasteiger partial charge in [0.1, 0.15) is 0 Å². The fourth-order valence-corrected chi connectivity index (χ4v) is 7.70. The van der Waals surface area contributed by atoms with Crippen molar-refractivity contribution >= 4 is 43.6 Å². The van der Waals surface area contributed by atoms with E-state index in [0.29, 0.717) is 0 Å². The highest BCUT2D eigenvalue weighted by molar-refractivity contribution is 6.10. The highest BCUT2D eigenvalue weighted by Gasteiger charge is 2.18. The van der Waals surface area contributed by atoms with Crippen LogP contribution in [0.5, 0.6) is 0 Å². The maximum atomic E-state index is 4.52. The molecule has 3 heteroatoms. The molecular weight excluding hydrogens is 607 g/mol. The van der Waals surface area contributed by atoms with Crippen LogP contribution in [0.3, 0.4) is 0 Å². The van der Waals surface area contributed by atoms with Gasteiger partial charge in [-0.05, 0) is 94.0 Å². The standard InChI is InChI=1S/C47H31N3/c1-3-13-32(14-4-1)34-25-35(33-15-5-2-6-16-33)27-36(26-34)37-28-38(49-44-20-10-7-17-40(44)41-18-8-11-21-45(41)49)30-39(29-37)50-46-22-12-9-19-42(46)43-31-48-24-23-47(43)50/h1-31H. The van der Waals surface area contributed by atoms with E-state index in [1.54, 1.807) is 0 Å². The molecule has 10 aromatic rings. The summed E-state index contributed by atoms with van der Waals surface area (Å²) in [5, 5.41) is 4.83. The highest BCUT2D eigenvalue weighted by atomic mass is 15.0. The molecule has 0 spiro atoms. The number of pyridine rings is 1. The molecule has 0 saturated heterocycles. The van der Waals surface area contributed by atoms with Crippen LogP contribution in [0.4, 0.5) is 0 Å². The molecular formula is C47H31N3. The molecule has 0 aliphatic rings. The topological polar surface area (TPSA) is 22.8 Å². The first-order chi connectivity index (χ1) is 24.8. The normalized spacial score (nSPS) is 11.6. The number of hydrogen-bond acceptors (Lipinski definition) is 1. The quantitative estimate of drug-likeness (QED) is 0.184. The summed E-state index contributed by atoms with van der Waals surface area (Å²) in [6.45, 7) is 0. The van der Waals surface area contributed by atoms with E-state index in [0.717, 1.165) is 38.9 Å². The van der Waals surface area contributed by atoms with Crippen LogP contribution in [0, 0.1) is 0 Å². The number of para-hydroxylation sites is 3. The molecule has 0 atom stereocenters. The summed E-state index contributed by atoms with van der Waals surface area (Å²) >= 11 is 0. The second-order valence-corrected chi connectivity index (χ2v) is 12.9. The first kappa shape index (κ1) is 28.3. The molecule has 0 amide bonds. The van der Waals surface area contributed by atoms with Crippen molar-refractivity contribution < 1.29 is 0 Å². The molecule has 234 valence electrons. The average molecular weight is 638 g/mol. The van der Waals surface area contributed by atoms with Gasteiger partial charge >= 0.3 is 0 Å². The van der Waals surface area contributed by atoms with Crippen molar-refractivity contribution in [3.05, 3.63) is 188 Å². The van der Waals surface area contributed by atoms with Gasteiger partial charge in [-0.15, -0.1) is 0 Å². The first-order valence-corrected chi connectivity index (χ1v) is 17.0. The first-order valence-electron chi connectivity index (χ1n) is 17.0. The molecule has 0 saturated carbocycles. The van der Waals surface area contributed by atoms with E-state index in [9.17, 15) is 0 Å². The van der Waals surface area contributed by atoms with Gasteiger partial charge in [0.2, 0.25) is 0 Å². The van der Waals surface area contributed by atoms with Gasteiger partial charge in [0.25, 0.3) is 0 Å². The number of nitrogens with zero attached hydrogens (tertiary/aromatic N) is 3. The summed E-state index contributed by atoms with van der Waals surface area (Å²) in [5.74, 6) is 0. The van der Waals surface area contributed by atoms with Crippen molar-refractivity contribution in [1.29, 1.82) is 0 Å². The summed E-state index contributed by atoms with van der Waals surface area (Å²) in [5.41, 5.74) is 14.0. The van der Waals surface area contributed by atoms with Crippen LogP contribution < -0.4 is 0 Å². The summed E-state index contributed by atoms with van der Waals surface area (Å²) in [4.78, 5) is 4.52. The molecule has 0 bridgehead atoms. The lowest BCUT2D eigenvalue weighted by Crippen LogP contribution is -2.00. The van der Waals surface area contributed by atoms with Gasteiger partial charge in [-0.2, -0.15) is 0 Å². The van der Waals surface area contributed by atoms with Crippen molar-refractivity contribution in [2.24, 2.45) is 0 Å². The van der Waals surface area contributed by atoms with Crippen molar-refractivity contribution in [2.75, 3.05) is 0 Å². The fourth-order valence-electron chi connectivity index (χ4n) is 7.70. The highest BCUT2D eigenvalue weighted by Crippen LogP contribution is 2.39. The van der Waals surface area contributed by atoms with Crippen LogP contribution in [-0.4, -0.2) is 14.1 Å². The van der Waals surface area contributed by atoms with Crippen molar-refractivity contribution in [3.63, 3.8) is 0 Å². The van der Waals surface area contributed by atoms with Gasteiger partial charge < -0.3 is 9.13 Å². The third kappa shape index (κ3) is 4.56. The van der Waals surface area contributed by atoms with E-state index >= 15 is 0 Å². The fraction of sp³-hybridized carbons (Fsp3) is 0. The Morgan fingerprint density at radius 3 is 1.18 bits per heavy atom. The lowest BCUT2D eigenvalue weighted by molar-refractivity contribution is 1.13. The third-order valence-electron chi connectivity index (χ3n) is 9.95. The Morgan fingerprint density at radius 2 is 0.680 bits per heavy atom. The zero-order valence-electron chi connectivity index (χ0n) is 27.2. The van der Waals surface area contributed by atoms with Crippen LogP contribution in [0.25, 0.3) is 88.4 Å². The van der Waals surface area contributed by atoms with E-state index in [1.165, 1.54) is 49.4 Å². The average Bonchev–Trinajstić information content (AvgIpc) is 3.71. The molecule has 10 rings (SSSR count). The number of rotatable bonds is 5. The molecule has 7 aromatic carbocycles. The molecule has 0 unspecified atom stereocenters. The second kappa shape index (κ2) is 11.5. The molecule has 0 radical (unpaired) electrons. The number of benzene rings is 7. The summed E-state index contributed by atoms with van der Waals surface area (Å²) in [6.07, 6.45) is 3.88. The van der Waals surface area contributed by atoms with Crippen molar-refractivity contribution in [3.8, 4) is 44.8 Å². The number of fused-ring (bicyclic) bond motifs is 6. The van der Waals surface area contributed by atoms with E-state index in [-0.39, 0.29) is 0 Å².